The molecule has 0 atom stereocenters. The van der Waals surface area contributed by atoms with Crippen LogP contribution < -0.4 is 15.9 Å². The SMILES string of the molecule is Cc1ccccc1C1=C(c2ccccc2C)[P+](c2ccccc2)(c2ccccc2)c2ccccc21. The molecule has 1 heteroatoms. The van der Waals surface area contributed by atoms with E-state index in [1.807, 2.05) is 0 Å². The van der Waals surface area contributed by atoms with Crippen molar-refractivity contribution in [2.24, 2.45) is 0 Å². The summed E-state index contributed by atoms with van der Waals surface area (Å²) in [6.45, 7) is 4.50. The van der Waals surface area contributed by atoms with Crippen LogP contribution in [0.3, 0.4) is 0 Å². The fraction of sp³-hybridized carbons (Fsp3) is 0.0588. The van der Waals surface area contributed by atoms with Gasteiger partial charge in [-0.2, -0.15) is 0 Å². The maximum atomic E-state index is 2.38. The van der Waals surface area contributed by atoms with E-state index in [0.29, 0.717) is 0 Å². The lowest BCUT2D eigenvalue weighted by Crippen LogP contribution is -2.30. The summed E-state index contributed by atoms with van der Waals surface area (Å²) in [6.07, 6.45) is 0. The fourth-order valence-electron chi connectivity index (χ4n) is 5.66. The van der Waals surface area contributed by atoms with Crippen molar-refractivity contribution in [3.05, 3.63) is 161 Å². The highest BCUT2D eigenvalue weighted by molar-refractivity contribution is 8.04. The number of hydrogen-bond acceptors (Lipinski definition) is 0. The first-order valence-corrected chi connectivity index (χ1v) is 14.0. The number of aryl methyl sites for hydroxylation is 2. The molecule has 1 heterocycles. The highest BCUT2D eigenvalue weighted by atomic mass is 31.2. The first kappa shape index (κ1) is 21.8. The first-order chi connectivity index (χ1) is 17.2. The Hall–Kier alpha value is -3.73. The second kappa shape index (κ2) is 8.81. The summed E-state index contributed by atoms with van der Waals surface area (Å²) in [4.78, 5) is 0. The van der Waals surface area contributed by atoms with Crippen molar-refractivity contribution in [3.8, 4) is 0 Å². The summed E-state index contributed by atoms with van der Waals surface area (Å²) in [5.41, 5.74) is 8.05. The van der Waals surface area contributed by atoms with Crippen LogP contribution in [0.2, 0.25) is 0 Å². The molecular weight excluding hydrogens is 439 g/mol. The Bertz CT molecular complexity index is 1500. The molecule has 0 aliphatic carbocycles. The Morgan fingerprint density at radius 1 is 0.400 bits per heavy atom. The lowest BCUT2D eigenvalue weighted by atomic mass is 9.92. The molecular formula is C34H28P+. The Labute approximate surface area is 209 Å². The predicted octanol–water partition coefficient (Wildman–Crippen LogP) is 7.53. The van der Waals surface area contributed by atoms with Crippen LogP contribution in [-0.4, -0.2) is 0 Å². The molecule has 0 spiro atoms. The van der Waals surface area contributed by atoms with Crippen LogP contribution in [0.5, 0.6) is 0 Å². The maximum Gasteiger partial charge on any atom is 0.146 e. The molecule has 6 rings (SSSR count). The van der Waals surface area contributed by atoms with Crippen LogP contribution in [-0.2, 0) is 0 Å². The number of fused-ring (bicyclic) bond motifs is 1. The minimum Gasteiger partial charge on any atom is -0.0620 e. The molecule has 0 fully saturated rings. The Morgan fingerprint density at radius 3 is 1.37 bits per heavy atom. The topological polar surface area (TPSA) is 0 Å². The normalized spacial score (nSPS) is 14.1. The maximum absolute atomic E-state index is 2.38. The van der Waals surface area contributed by atoms with E-state index < -0.39 is 7.26 Å². The summed E-state index contributed by atoms with van der Waals surface area (Å²) in [6, 6.07) is 49.4. The minimum absolute atomic E-state index is 1.31. The molecule has 0 saturated heterocycles. The van der Waals surface area contributed by atoms with Crippen molar-refractivity contribution in [1.82, 2.24) is 0 Å². The van der Waals surface area contributed by atoms with Gasteiger partial charge in [-0.05, 0) is 60.9 Å². The molecule has 168 valence electrons. The molecule has 0 radical (unpaired) electrons. The lowest BCUT2D eigenvalue weighted by Gasteiger charge is -2.27. The zero-order valence-electron chi connectivity index (χ0n) is 20.1. The van der Waals surface area contributed by atoms with Gasteiger partial charge in [-0.25, -0.2) is 0 Å². The second-order valence-electron chi connectivity index (χ2n) is 9.21. The highest BCUT2D eigenvalue weighted by Crippen LogP contribution is 2.73. The van der Waals surface area contributed by atoms with Crippen LogP contribution in [0.1, 0.15) is 27.8 Å². The molecule has 0 saturated carbocycles. The summed E-state index contributed by atoms with van der Waals surface area (Å²) in [5.74, 6) is 0. The van der Waals surface area contributed by atoms with Crippen molar-refractivity contribution >= 4 is 34.1 Å². The second-order valence-corrected chi connectivity index (χ2v) is 12.5. The largest absolute Gasteiger partial charge is 0.146 e. The summed E-state index contributed by atoms with van der Waals surface area (Å²) < 4.78 is 0. The standard InChI is InChI=1S/C34H28P/c1-25-15-9-11-21-29(25)33-31-23-13-14-24-32(31)35(27-17-5-3-6-18-27,28-19-7-4-8-20-28)34(33)30-22-12-10-16-26(30)2/h3-24H,1-2H3/q+1. The third-order valence-corrected chi connectivity index (χ3v) is 11.6. The van der Waals surface area contributed by atoms with E-state index in [-0.39, 0.29) is 0 Å². The van der Waals surface area contributed by atoms with Gasteiger partial charge in [0.05, 0.1) is 0 Å². The zero-order valence-corrected chi connectivity index (χ0v) is 21.0. The third-order valence-electron chi connectivity index (χ3n) is 7.21. The van der Waals surface area contributed by atoms with Crippen LogP contribution >= 0.6 is 7.26 Å². The van der Waals surface area contributed by atoms with Crippen molar-refractivity contribution in [2.45, 2.75) is 13.8 Å². The molecule has 0 N–H and O–H groups in total. The van der Waals surface area contributed by atoms with E-state index in [1.165, 1.54) is 54.6 Å². The molecule has 5 aromatic rings. The molecule has 0 aromatic heterocycles. The third kappa shape index (κ3) is 3.33. The lowest BCUT2D eigenvalue weighted by molar-refractivity contribution is 1.41. The molecule has 0 nitrogen and oxygen atoms in total. The molecule has 0 amide bonds. The van der Waals surface area contributed by atoms with Gasteiger partial charge >= 0.3 is 0 Å². The van der Waals surface area contributed by atoms with Crippen molar-refractivity contribution in [3.63, 3.8) is 0 Å². The average Bonchev–Trinajstić information content (AvgIpc) is 3.22. The van der Waals surface area contributed by atoms with E-state index in [9.17, 15) is 0 Å². The first-order valence-electron chi connectivity index (χ1n) is 12.2. The number of hydrogen-bond donors (Lipinski definition) is 0. The van der Waals surface area contributed by atoms with Gasteiger partial charge in [0.1, 0.15) is 28.5 Å². The fourth-order valence-corrected chi connectivity index (χ4v) is 10.6. The Morgan fingerprint density at radius 2 is 0.829 bits per heavy atom. The molecule has 35 heavy (non-hydrogen) atoms. The van der Waals surface area contributed by atoms with Gasteiger partial charge in [-0.3, -0.25) is 0 Å². The zero-order chi connectivity index (χ0) is 23.8. The van der Waals surface area contributed by atoms with Gasteiger partial charge in [0.2, 0.25) is 0 Å². The van der Waals surface area contributed by atoms with Crippen LogP contribution in [0.15, 0.2) is 133 Å². The van der Waals surface area contributed by atoms with Crippen LogP contribution in [0, 0.1) is 13.8 Å². The van der Waals surface area contributed by atoms with Crippen molar-refractivity contribution < 1.29 is 0 Å². The van der Waals surface area contributed by atoms with E-state index in [2.05, 4.69) is 147 Å². The predicted molar refractivity (Wildman–Crippen MR) is 153 cm³/mol. The van der Waals surface area contributed by atoms with E-state index in [0.717, 1.165) is 0 Å². The van der Waals surface area contributed by atoms with Gasteiger partial charge in [0.25, 0.3) is 0 Å². The van der Waals surface area contributed by atoms with Gasteiger partial charge in [-0.15, -0.1) is 0 Å². The highest BCUT2D eigenvalue weighted by Gasteiger charge is 2.57. The minimum atomic E-state index is -2.16. The van der Waals surface area contributed by atoms with Gasteiger partial charge in [-0.1, -0.05) is 103 Å². The van der Waals surface area contributed by atoms with Crippen LogP contribution in [0.4, 0.5) is 0 Å². The summed E-state index contributed by atoms with van der Waals surface area (Å²) in [7, 11) is -2.16. The Balaban J connectivity index is 1.88. The summed E-state index contributed by atoms with van der Waals surface area (Å²) >= 11 is 0. The molecule has 5 aromatic carbocycles. The number of rotatable bonds is 4. The smallest absolute Gasteiger partial charge is 0.0620 e. The van der Waals surface area contributed by atoms with E-state index in [1.54, 1.807) is 0 Å². The number of benzene rings is 5. The Kier molecular flexibility index (Phi) is 5.48. The summed E-state index contributed by atoms with van der Waals surface area (Å²) in [5, 5.41) is 5.73. The van der Waals surface area contributed by atoms with Crippen LogP contribution in [0.25, 0.3) is 10.9 Å². The molecule has 1 aliphatic heterocycles. The van der Waals surface area contributed by atoms with Crippen molar-refractivity contribution in [1.29, 1.82) is 0 Å². The van der Waals surface area contributed by atoms with E-state index >= 15 is 0 Å². The van der Waals surface area contributed by atoms with E-state index in [4.69, 9.17) is 0 Å². The van der Waals surface area contributed by atoms with Gasteiger partial charge in [0.15, 0.2) is 0 Å². The molecule has 0 unspecified atom stereocenters. The molecule has 0 bridgehead atoms. The molecule has 1 aliphatic rings. The quantitative estimate of drug-likeness (QED) is 0.240. The monoisotopic (exact) mass is 467 g/mol. The van der Waals surface area contributed by atoms with Crippen molar-refractivity contribution in [2.75, 3.05) is 0 Å². The average molecular weight is 468 g/mol. The van der Waals surface area contributed by atoms with Gasteiger partial charge in [0, 0.05) is 16.7 Å². The van der Waals surface area contributed by atoms with Gasteiger partial charge < -0.3 is 0 Å².